The highest BCUT2D eigenvalue weighted by Gasteiger charge is 2.36. The smallest absolute Gasteiger partial charge is 0.314 e. The Morgan fingerprint density at radius 1 is 1.42 bits per heavy atom. The van der Waals surface area contributed by atoms with Crippen LogP contribution in [0.2, 0.25) is 5.02 Å². The minimum absolute atomic E-state index is 0.0747. The predicted octanol–water partition coefficient (Wildman–Crippen LogP) is 5.25. The van der Waals surface area contributed by atoms with Crippen LogP contribution in [0.25, 0.3) is 0 Å². The first-order valence-electron chi connectivity index (χ1n) is 8.51. The van der Waals surface area contributed by atoms with Crippen LogP contribution in [0.4, 0.5) is 19.3 Å². The zero-order chi connectivity index (χ0) is 19.0. The normalized spacial score (nSPS) is 19.2. The molecule has 0 fully saturated rings. The maximum absolute atomic E-state index is 14.2. The van der Waals surface area contributed by atoms with E-state index in [0.717, 1.165) is 5.56 Å². The van der Waals surface area contributed by atoms with Crippen LogP contribution in [-0.2, 0) is 6.42 Å². The number of hydrogen-bond acceptors (Lipinski definition) is 2. The molecular weight excluding hydrogens is 360 g/mol. The van der Waals surface area contributed by atoms with Gasteiger partial charge in [-0.1, -0.05) is 18.5 Å². The number of amides is 2. The Kier molecular flexibility index (Phi) is 5.14. The van der Waals surface area contributed by atoms with Gasteiger partial charge in [-0.2, -0.15) is 4.39 Å². The molecule has 1 aliphatic rings. The number of pyridine rings is 1. The number of halogens is 3. The number of nitrogens with zero attached hydrogens (tertiary/aromatic N) is 2. The van der Waals surface area contributed by atoms with Gasteiger partial charge in [0.25, 0.3) is 0 Å². The zero-order valence-corrected chi connectivity index (χ0v) is 15.6. The van der Waals surface area contributed by atoms with Crippen molar-refractivity contribution in [3.8, 4) is 0 Å². The lowest BCUT2D eigenvalue weighted by Crippen LogP contribution is -2.48. The molecule has 0 aliphatic carbocycles. The number of nitrogens with one attached hydrogen (secondary N) is 1. The SMILES string of the molecule is CCC1c2ccnc(F)c2CC(C)N1C(=O)Nc1cc(C)c(Cl)cc1F. The Morgan fingerprint density at radius 3 is 2.85 bits per heavy atom. The second kappa shape index (κ2) is 7.19. The summed E-state index contributed by atoms with van der Waals surface area (Å²) in [5.74, 6) is -1.09. The fraction of sp³-hybridized carbons (Fsp3) is 0.368. The van der Waals surface area contributed by atoms with Gasteiger partial charge in [0.05, 0.1) is 11.7 Å². The Bertz CT molecular complexity index is 859. The van der Waals surface area contributed by atoms with E-state index in [4.69, 9.17) is 11.6 Å². The van der Waals surface area contributed by atoms with E-state index in [1.54, 1.807) is 17.9 Å². The second-order valence-corrected chi connectivity index (χ2v) is 6.97. The largest absolute Gasteiger partial charge is 0.322 e. The van der Waals surface area contributed by atoms with Crippen LogP contribution in [0.5, 0.6) is 0 Å². The molecule has 1 aromatic heterocycles. The first-order chi connectivity index (χ1) is 12.3. The molecule has 3 rings (SSSR count). The molecule has 0 radical (unpaired) electrons. The molecule has 0 bridgehead atoms. The minimum Gasteiger partial charge on any atom is -0.314 e. The van der Waals surface area contributed by atoms with Crippen molar-refractivity contribution in [3.05, 3.63) is 57.9 Å². The van der Waals surface area contributed by atoms with Gasteiger partial charge in [-0.3, -0.25) is 0 Å². The Morgan fingerprint density at radius 2 is 2.15 bits per heavy atom. The van der Waals surface area contributed by atoms with Gasteiger partial charge in [0.15, 0.2) is 0 Å². The summed E-state index contributed by atoms with van der Waals surface area (Å²) in [6, 6.07) is 3.45. The van der Waals surface area contributed by atoms with Crippen molar-refractivity contribution in [2.75, 3.05) is 5.32 Å². The molecule has 4 nitrogen and oxygen atoms in total. The number of urea groups is 1. The van der Waals surface area contributed by atoms with Gasteiger partial charge in [-0.25, -0.2) is 14.2 Å². The summed E-state index contributed by atoms with van der Waals surface area (Å²) in [4.78, 5) is 18.3. The first-order valence-corrected chi connectivity index (χ1v) is 8.89. The molecule has 2 atom stereocenters. The third kappa shape index (κ3) is 3.26. The number of anilines is 1. The fourth-order valence-electron chi connectivity index (χ4n) is 3.54. The molecule has 2 unspecified atom stereocenters. The van der Waals surface area contributed by atoms with Crippen LogP contribution in [0.1, 0.15) is 43.0 Å². The van der Waals surface area contributed by atoms with Crippen molar-refractivity contribution in [2.24, 2.45) is 0 Å². The predicted molar refractivity (Wildman–Crippen MR) is 97.4 cm³/mol. The number of aromatic nitrogens is 1. The van der Waals surface area contributed by atoms with Crippen LogP contribution < -0.4 is 5.32 Å². The number of carbonyl (C=O) groups is 1. The first kappa shape index (κ1) is 18.6. The van der Waals surface area contributed by atoms with E-state index in [1.807, 2.05) is 13.8 Å². The Balaban J connectivity index is 1.93. The lowest BCUT2D eigenvalue weighted by molar-refractivity contribution is 0.147. The van der Waals surface area contributed by atoms with Gasteiger partial charge < -0.3 is 10.2 Å². The molecule has 138 valence electrons. The molecule has 0 saturated heterocycles. The van der Waals surface area contributed by atoms with Gasteiger partial charge in [0.2, 0.25) is 5.95 Å². The van der Waals surface area contributed by atoms with Crippen LogP contribution in [-0.4, -0.2) is 22.0 Å². The van der Waals surface area contributed by atoms with Gasteiger partial charge in [0.1, 0.15) is 5.82 Å². The minimum atomic E-state index is -0.595. The van der Waals surface area contributed by atoms with Crippen molar-refractivity contribution in [2.45, 2.75) is 45.7 Å². The van der Waals surface area contributed by atoms with Gasteiger partial charge in [-0.05, 0) is 56.0 Å². The summed E-state index contributed by atoms with van der Waals surface area (Å²) >= 11 is 5.91. The average Bonchev–Trinajstić information content (AvgIpc) is 2.59. The highest BCUT2D eigenvalue weighted by atomic mass is 35.5. The van der Waals surface area contributed by atoms with Gasteiger partial charge >= 0.3 is 6.03 Å². The Hall–Kier alpha value is -2.21. The van der Waals surface area contributed by atoms with Crippen LogP contribution >= 0.6 is 11.6 Å². The third-order valence-electron chi connectivity index (χ3n) is 4.82. The molecule has 0 spiro atoms. The zero-order valence-electron chi connectivity index (χ0n) is 14.8. The number of carbonyl (C=O) groups excluding carboxylic acids is 1. The number of rotatable bonds is 2. The van der Waals surface area contributed by atoms with Gasteiger partial charge in [0, 0.05) is 22.8 Å². The molecule has 26 heavy (non-hydrogen) atoms. The van der Waals surface area contributed by atoms with Crippen molar-refractivity contribution in [1.29, 1.82) is 0 Å². The quantitative estimate of drug-likeness (QED) is 0.724. The molecule has 2 heterocycles. The summed E-state index contributed by atoms with van der Waals surface area (Å²) in [6.45, 7) is 5.51. The fourth-order valence-corrected chi connectivity index (χ4v) is 3.69. The Labute approximate surface area is 156 Å². The maximum atomic E-state index is 14.2. The second-order valence-electron chi connectivity index (χ2n) is 6.57. The lowest BCUT2D eigenvalue weighted by Gasteiger charge is -2.41. The number of hydrogen-bond donors (Lipinski definition) is 1. The molecular formula is C19H20ClF2N3O. The summed E-state index contributed by atoms with van der Waals surface area (Å²) in [6.07, 6.45) is 2.38. The van der Waals surface area contributed by atoms with Gasteiger partial charge in [-0.15, -0.1) is 0 Å². The summed E-state index contributed by atoms with van der Waals surface area (Å²) in [7, 11) is 0. The standard InChI is InChI=1S/C19H20ClF2N3O/c1-4-17-12-5-6-23-18(22)13(12)8-11(3)25(17)19(26)24-16-7-10(2)14(20)9-15(16)21/h5-7,9,11,17H,4,8H2,1-3H3,(H,24,26). The van der Waals surface area contributed by atoms with E-state index in [0.29, 0.717) is 29.0 Å². The highest BCUT2D eigenvalue weighted by Crippen LogP contribution is 2.36. The highest BCUT2D eigenvalue weighted by molar-refractivity contribution is 6.31. The van der Waals surface area contributed by atoms with Crippen molar-refractivity contribution < 1.29 is 13.6 Å². The van der Waals surface area contributed by atoms with E-state index < -0.39 is 17.8 Å². The molecule has 0 saturated carbocycles. The molecule has 1 N–H and O–H groups in total. The summed E-state index contributed by atoms with van der Waals surface area (Å²) < 4.78 is 28.2. The maximum Gasteiger partial charge on any atom is 0.322 e. The molecule has 2 aromatic rings. The summed E-state index contributed by atoms with van der Waals surface area (Å²) in [5.41, 5.74) is 2.04. The van der Waals surface area contributed by atoms with E-state index >= 15 is 0 Å². The van der Waals surface area contributed by atoms with E-state index in [2.05, 4.69) is 10.3 Å². The average molecular weight is 380 g/mol. The summed E-state index contributed by atoms with van der Waals surface area (Å²) in [5, 5.41) is 2.93. The molecule has 1 aliphatic heterocycles. The number of benzene rings is 1. The van der Waals surface area contributed by atoms with E-state index in [9.17, 15) is 13.6 Å². The molecule has 1 aromatic carbocycles. The van der Waals surface area contributed by atoms with Crippen molar-refractivity contribution >= 4 is 23.3 Å². The van der Waals surface area contributed by atoms with Crippen LogP contribution in [0.3, 0.4) is 0 Å². The molecule has 7 heteroatoms. The van der Waals surface area contributed by atoms with Crippen LogP contribution in [0, 0.1) is 18.7 Å². The van der Waals surface area contributed by atoms with Crippen LogP contribution in [0.15, 0.2) is 24.4 Å². The van der Waals surface area contributed by atoms with Crippen molar-refractivity contribution in [1.82, 2.24) is 9.88 Å². The topological polar surface area (TPSA) is 45.2 Å². The number of aryl methyl sites for hydroxylation is 1. The lowest BCUT2D eigenvalue weighted by atomic mass is 9.89. The van der Waals surface area contributed by atoms with E-state index in [-0.39, 0.29) is 17.8 Å². The van der Waals surface area contributed by atoms with Crippen molar-refractivity contribution in [3.63, 3.8) is 0 Å². The number of fused-ring (bicyclic) bond motifs is 1. The van der Waals surface area contributed by atoms with E-state index in [1.165, 1.54) is 18.3 Å². The third-order valence-corrected chi connectivity index (χ3v) is 5.23. The monoisotopic (exact) mass is 379 g/mol. The molecule has 2 amide bonds.